The van der Waals surface area contributed by atoms with Crippen LogP contribution in [0.3, 0.4) is 0 Å². The van der Waals surface area contributed by atoms with Crippen molar-refractivity contribution in [1.82, 2.24) is 0 Å². The number of benzene rings is 1. The zero-order valence-corrected chi connectivity index (χ0v) is 9.88. The van der Waals surface area contributed by atoms with E-state index in [0.717, 1.165) is 4.47 Å². The van der Waals surface area contributed by atoms with Crippen LogP contribution in [-0.4, -0.2) is 11.2 Å². The zero-order valence-electron chi connectivity index (χ0n) is 8.30. The van der Waals surface area contributed by atoms with Gasteiger partial charge in [0.2, 0.25) is 0 Å². The first kappa shape index (κ1) is 11.7. The molecule has 1 rings (SSSR count). The van der Waals surface area contributed by atoms with Crippen molar-refractivity contribution >= 4 is 15.9 Å². The van der Waals surface area contributed by atoms with Crippen molar-refractivity contribution in [2.45, 2.75) is 32.3 Å². The van der Waals surface area contributed by atoms with E-state index in [1.165, 1.54) is 6.07 Å². The molecular formula is C11H14BrFO. The van der Waals surface area contributed by atoms with E-state index in [1.807, 2.05) is 13.8 Å². The van der Waals surface area contributed by atoms with Gasteiger partial charge in [-0.1, -0.05) is 29.8 Å². The second-order valence-electron chi connectivity index (χ2n) is 3.43. The molecule has 0 amide bonds. The minimum atomic E-state index is -0.487. The van der Waals surface area contributed by atoms with Gasteiger partial charge in [0.1, 0.15) is 5.82 Å². The molecule has 2 unspecified atom stereocenters. The molecule has 2 atom stereocenters. The highest BCUT2D eigenvalue weighted by atomic mass is 79.9. The molecule has 14 heavy (non-hydrogen) atoms. The lowest BCUT2D eigenvalue weighted by molar-refractivity contribution is 0.143. The van der Waals surface area contributed by atoms with E-state index >= 15 is 0 Å². The molecule has 1 N–H and O–H groups in total. The summed E-state index contributed by atoms with van der Waals surface area (Å²) in [6, 6.07) is 4.79. The summed E-state index contributed by atoms with van der Waals surface area (Å²) in [5.74, 6) is -0.425. The fourth-order valence-corrected chi connectivity index (χ4v) is 1.80. The average molecular weight is 261 g/mol. The van der Waals surface area contributed by atoms with Gasteiger partial charge in [-0.25, -0.2) is 4.39 Å². The predicted molar refractivity (Wildman–Crippen MR) is 58.8 cm³/mol. The first-order chi connectivity index (χ1) is 6.56. The highest BCUT2D eigenvalue weighted by molar-refractivity contribution is 9.10. The lowest BCUT2D eigenvalue weighted by atomic mass is 9.93. The van der Waals surface area contributed by atoms with Crippen molar-refractivity contribution in [3.05, 3.63) is 34.1 Å². The van der Waals surface area contributed by atoms with Gasteiger partial charge in [-0.15, -0.1) is 0 Å². The van der Waals surface area contributed by atoms with Gasteiger partial charge in [0, 0.05) is 10.4 Å². The Morgan fingerprint density at radius 2 is 2.14 bits per heavy atom. The molecule has 0 bridgehead atoms. The summed E-state index contributed by atoms with van der Waals surface area (Å²) >= 11 is 3.29. The Kier molecular flexibility index (Phi) is 4.08. The largest absolute Gasteiger partial charge is 0.393 e. The number of aliphatic hydroxyl groups excluding tert-OH is 1. The maximum absolute atomic E-state index is 13.4. The van der Waals surface area contributed by atoms with Crippen molar-refractivity contribution in [3.8, 4) is 0 Å². The maximum atomic E-state index is 13.4. The Morgan fingerprint density at radius 1 is 1.50 bits per heavy atom. The van der Waals surface area contributed by atoms with Gasteiger partial charge in [0.15, 0.2) is 0 Å². The van der Waals surface area contributed by atoms with Crippen LogP contribution in [-0.2, 0) is 0 Å². The topological polar surface area (TPSA) is 20.2 Å². The third-order valence-corrected chi connectivity index (χ3v) is 2.94. The summed E-state index contributed by atoms with van der Waals surface area (Å²) < 4.78 is 14.2. The van der Waals surface area contributed by atoms with Gasteiger partial charge in [-0.3, -0.25) is 0 Å². The van der Waals surface area contributed by atoms with E-state index in [9.17, 15) is 9.50 Å². The smallest absolute Gasteiger partial charge is 0.126 e. The number of hydrogen-bond donors (Lipinski definition) is 1. The van der Waals surface area contributed by atoms with Crippen LogP contribution >= 0.6 is 15.9 Å². The number of aliphatic hydroxyl groups is 1. The Morgan fingerprint density at radius 3 is 2.71 bits per heavy atom. The van der Waals surface area contributed by atoms with Crippen LogP contribution in [0.25, 0.3) is 0 Å². The number of halogens is 2. The van der Waals surface area contributed by atoms with Crippen molar-refractivity contribution < 1.29 is 9.50 Å². The Hall–Kier alpha value is -0.410. The molecule has 0 aromatic heterocycles. The van der Waals surface area contributed by atoms with Gasteiger partial charge in [0.25, 0.3) is 0 Å². The third kappa shape index (κ3) is 2.55. The number of hydrogen-bond acceptors (Lipinski definition) is 1. The molecule has 1 aromatic rings. The lowest BCUT2D eigenvalue weighted by Crippen LogP contribution is -2.15. The quantitative estimate of drug-likeness (QED) is 0.883. The molecule has 78 valence electrons. The Balaban J connectivity index is 2.99. The maximum Gasteiger partial charge on any atom is 0.126 e. The standard InChI is InChI=1S/C11H14BrFO/c1-3-11(14)7(2)9-6-8(12)4-5-10(9)13/h4-7,11,14H,3H2,1-2H3. The fourth-order valence-electron chi connectivity index (χ4n) is 1.42. The molecule has 0 spiro atoms. The van der Waals surface area contributed by atoms with Crippen molar-refractivity contribution in [2.75, 3.05) is 0 Å². The van der Waals surface area contributed by atoms with Crippen LogP contribution in [0.1, 0.15) is 31.7 Å². The van der Waals surface area contributed by atoms with Crippen LogP contribution in [0.4, 0.5) is 4.39 Å². The molecule has 0 fully saturated rings. The van der Waals surface area contributed by atoms with Gasteiger partial charge >= 0.3 is 0 Å². The summed E-state index contributed by atoms with van der Waals surface area (Å²) in [6.07, 6.45) is 0.145. The monoisotopic (exact) mass is 260 g/mol. The van der Waals surface area contributed by atoms with E-state index in [0.29, 0.717) is 12.0 Å². The van der Waals surface area contributed by atoms with E-state index in [2.05, 4.69) is 15.9 Å². The molecule has 0 saturated carbocycles. The average Bonchev–Trinajstić information content (AvgIpc) is 2.19. The molecule has 3 heteroatoms. The Bertz CT molecular complexity index is 314. The summed E-state index contributed by atoms with van der Waals surface area (Å²) in [5, 5.41) is 9.61. The molecule has 0 saturated heterocycles. The summed E-state index contributed by atoms with van der Waals surface area (Å²) in [4.78, 5) is 0. The van der Waals surface area contributed by atoms with Crippen molar-refractivity contribution in [2.24, 2.45) is 0 Å². The van der Waals surface area contributed by atoms with Gasteiger partial charge in [-0.2, -0.15) is 0 Å². The van der Waals surface area contributed by atoms with E-state index in [1.54, 1.807) is 12.1 Å². The van der Waals surface area contributed by atoms with Gasteiger partial charge in [0.05, 0.1) is 6.10 Å². The van der Waals surface area contributed by atoms with Crippen LogP contribution in [0.5, 0.6) is 0 Å². The minimum Gasteiger partial charge on any atom is -0.393 e. The van der Waals surface area contributed by atoms with E-state index in [-0.39, 0.29) is 11.7 Å². The molecule has 0 aliphatic rings. The number of rotatable bonds is 3. The second-order valence-corrected chi connectivity index (χ2v) is 4.35. The predicted octanol–water partition coefficient (Wildman–Crippen LogP) is 3.46. The van der Waals surface area contributed by atoms with E-state index < -0.39 is 6.10 Å². The van der Waals surface area contributed by atoms with Gasteiger partial charge in [-0.05, 0) is 30.2 Å². The molecular weight excluding hydrogens is 247 g/mol. The van der Waals surface area contributed by atoms with Crippen molar-refractivity contribution in [3.63, 3.8) is 0 Å². The van der Waals surface area contributed by atoms with Crippen LogP contribution in [0.2, 0.25) is 0 Å². The van der Waals surface area contributed by atoms with Crippen LogP contribution in [0, 0.1) is 5.82 Å². The highest BCUT2D eigenvalue weighted by Crippen LogP contribution is 2.26. The normalized spacial score (nSPS) is 15.2. The van der Waals surface area contributed by atoms with Crippen LogP contribution < -0.4 is 0 Å². The molecule has 0 aliphatic carbocycles. The summed E-state index contributed by atoms with van der Waals surface area (Å²) in [7, 11) is 0. The first-order valence-electron chi connectivity index (χ1n) is 4.69. The molecule has 1 nitrogen and oxygen atoms in total. The summed E-state index contributed by atoms with van der Waals surface area (Å²) in [6.45, 7) is 3.72. The fraction of sp³-hybridized carbons (Fsp3) is 0.455. The van der Waals surface area contributed by atoms with Crippen LogP contribution in [0.15, 0.2) is 22.7 Å². The summed E-state index contributed by atoms with van der Waals surface area (Å²) in [5.41, 5.74) is 0.564. The molecule has 1 aromatic carbocycles. The highest BCUT2D eigenvalue weighted by Gasteiger charge is 2.17. The van der Waals surface area contributed by atoms with E-state index in [4.69, 9.17) is 0 Å². The first-order valence-corrected chi connectivity index (χ1v) is 5.48. The van der Waals surface area contributed by atoms with Gasteiger partial charge < -0.3 is 5.11 Å². The second kappa shape index (κ2) is 4.89. The SMILES string of the molecule is CCC(O)C(C)c1cc(Br)ccc1F. The Labute approximate surface area is 92.1 Å². The zero-order chi connectivity index (χ0) is 10.7. The third-order valence-electron chi connectivity index (χ3n) is 2.44. The minimum absolute atomic E-state index is 0.169. The molecule has 0 radical (unpaired) electrons. The lowest BCUT2D eigenvalue weighted by Gasteiger charge is -2.18. The molecule has 0 heterocycles. The molecule has 0 aliphatic heterocycles. The van der Waals surface area contributed by atoms with Crippen molar-refractivity contribution in [1.29, 1.82) is 0 Å².